The molecule has 12 heteroatoms. The lowest BCUT2D eigenvalue weighted by atomic mass is 9.95. The molecule has 3 saturated heterocycles. The van der Waals surface area contributed by atoms with Crippen molar-refractivity contribution >= 4 is 28.3 Å². The van der Waals surface area contributed by atoms with E-state index < -0.39 is 53.1 Å². The van der Waals surface area contributed by atoms with Crippen LogP contribution < -0.4 is 9.64 Å². The van der Waals surface area contributed by atoms with Crippen LogP contribution in [0.2, 0.25) is 5.15 Å². The molecule has 33 heavy (non-hydrogen) atoms. The number of hydrogen-bond acceptors (Lipinski definition) is 7. The SMILES string of the molecule is [2H]C([2H])(Oc1nc(N2CCOCC3C2C3(F)F)c2cnc(Cl)c(F)c2n1)[C@@]12CCCN1C[C@H](F)C2. The molecule has 1 saturated carbocycles. The van der Waals surface area contributed by atoms with E-state index in [4.69, 9.17) is 23.8 Å². The fourth-order valence-corrected chi connectivity index (χ4v) is 5.55. The first kappa shape index (κ1) is 19.3. The molecule has 4 atom stereocenters. The summed E-state index contributed by atoms with van der Waals surface area (Å²) >= 11 is 5.85. The van der Waals surface area contributed by atoms with Crippen molar-refractivity contribution < 1.29 is 29.8 Å². The highest BCUT2D eigenvalue weighted by molar-refractivity contribution is 6.30. The fourth-order valence-electron chi connectivity index (χ4n) is 5.41. The minimum Gasteiger partial charge on any atom is -0.461 e. The Kier molecular flexibility index (Phi) is 4.40. The van der Waals surface area contributed by atoms with Gasteiger partial charge in [0.1, 0.15) is 30.1 Å². The Morgan fingerprint density at radius 3 is 3.03 bits per heavy atom. The summed E-state index contributed by atoms with van der Waals surface area (Å²) in [6.07, 6.45) is 0.948. The van der Waals surface area contributed by atoms with E-state index in [0.29, 0.717) is 19.4 Å². The highest BCUT2D eigenvalue weighted by Gasteiger charge is 2.71. The van der Waals surface area contributed by atoms with Gasteiger partial charge in [-0.2, -0.15) is 9.97 Å². The second-order valence-electron chi connectivity index (χ2n) is 9.04. The highest BCUT2D eigenvalue weighted by atomic mass is 35.5. The zero-order valence-electron chi connectivity index (χ0n) is 19.4. The largest absolute Gasteiger partial charge is 0.461 e. The Morgan fingerprint density at radius 2 is 2.18 bits per heavy atom. The van der Waals surface area contributed by atoms with Gasteiger partial charge in [0.2, 0.25) is 0 Å². The van der Waals surface area contributed by atoms with Gasteiger partial charge in [0.05, 0.1) is 32.8 Å². The maximum Gasteiger partial charge on any atom is 0.319 e. The molecule has 2 aromatic rings. The van der Waals surface area contributed by atoms with Gasteiger partial charge < -0.3 is 14.4 Å². The lowest BCUT2D eigenvalue weighted by Gasteiger charge is -2.31. The van der Waals surface area contributed by atoms with Crippen molar-refractivity contribution in [3.05, 3.63) is 17.2 Å². The average Bonchev–Trinajstić information content (AvgIpc) is 2.98. The first-order valence-electron chi connectivity index (χ1n) is 11.9. The number of fused-ring (bicyclic) bond motifs is 3. The Bertz CT molecular complexity index is 1200. The van der Waals surface area contributed by atoms with Crippen LogP contribution in [0.4, 0.5) is 23.4 Å². The molecule has 0 radical (unpaired) electrons. The van der Waals surface area contributed by atoms with E-state index in [0.717, 1.165) is 0 Å². The molecule has 178 valence electrons. The standard InChI is InChI=1S/C21H22ClF4N5O2/c22-17-14(24)15-12(7-27-17)18(31-4-5-32-9-13-16(31)21(13,25)26)29-19(28-15)33-10-20-2-1-3-30(20)8-11(23)6-20/h7,11,13,16H,1-6,8-10H2/t11-,13?,16?,20+/m1/s1/i10D2. The molecule has 5 heterocycles. The third-order valence-electron chi connectivity index (χ3n) is 7.08. The van der Waals surface area contributed by atoms with Crippen LogP contribution in [-0.2, 0) is 4.74 Å². The Labute approximate surface area is 194 Å². The molecule has 4 fully saturated rings. The van der Waals surface area contributed by atoms with Crippen molar-refractivity contribution in [3.8, 4) is 6.01 Å². The third-order valence-corrected chi connectivity index (χ3v) is 7.34. The minimum absolute atomic E-state index is 0.0357. The van der Waals surface area contributed by atoms with Gasteiger partial charge >= 0.3 is 6.01 Å². The summed E-state index contributed by atoms with van der Waals surface area (Å²) in [5.74, 6) is -5.16. The molecule has 0 bridgehead atoms. The van der Waals surface area contributed by atoms with Gasteiger partial charge in [0.15, 0.2) is 11.0 Å². The highest BCUT2D eigenvalue weighted by Crippen LogP contribution is 2.54. The van der Waals surface area contributed by atoms with Crippen molar-refractivity contribution in [3.63, 3.8) is 0 Å². The summed E-state index contributed by atoms with van der Waals surface area (Å²) in [4.78, 5) is 15.1. The molecular weight excluding hydrogens is 466 g/mol. The fraction of sp³-hybridized carbons (Fsp3) is 0.667. The molecule has 0 spiro atoms. The van der Waals surface area contributed by atoms with Crippen LogP contribution in [0.15, 0.2) is 6.20 Å². The summed E-state index contributed by atoms with van der Waals surface area (Å²) in [6.45, 7) is -1.75. The van der Waals surface area contributed by atoms with E-state index >= 15 is 0 Å². The van der Waals surface area contributed by atoms with Gasteiger partial charge in [-0.05, 0) is 19.4 Å². The number of rotatable bonds is 4. The lowest BCUT2D eigenvalue weighted by molar-refractivity contribution is 0.0492. The van der Waals surface area contributed by atoms with Crippen LogP contribution in [0.3, 0.4) is 0 Å². The number of hydrogen-bond donors (Lipinski definition) is 0. The molecule has 7 nitrogen and oxygen atoms in total. The van der Waals surface area contributed by atoms with Crippen molar-refractivity contribution in [1.29, 1.82) is 0 Å². The Morgan fingerprint density at radius 1 is 1.33 bits per heavy atom. The minimum atomic E-state index is -3.03. The topological polar surface area (TPSA) is 63.6 Å². The van der Waals surface area contributed by atoms with Gasteiger partial charge in [-0.15, -0.1) is 0 Å². The van der Waals surface area contributed by atoms with E-state index in [1.807, 2.05) is 0 Å². The summed E-state index contributed by atoms with van der Waals surface area (Å²) in [5.41, 5.74) is -1.56. The van der Waals surface area contributed by atoms with E-state index in [1.165, 1.54) is 11.1 Å². The van der Waals surface area contributed by atoms with Crippen LogP contribution in [0.5, 0.6) is 6.01 Å². The molecule has 6 rings (SSSR count). The van der Waals surface area contributed by atoms with Crippen molar-refractivity contribution in [2.24, 2.45) is 5.92 Å². The number of aromatic nitrogens is 3. The molecule has 4 aliphatic rings. The second kappa shape index (κ2) is 7.51. The second-order valence-corrected chi connectivity index (χ2v) is 9.39. The van der Waals surface area contributed by atoms with Gasteiger partial charge in [-0.3, -0.25) is 4.90 Å². The Balaban J connectivity index is 1.45. The molecule has 0 amide bonds. The first-order valence-corrected chi connectivity index (χ1v) is 11.2. The molecule has 0 aromatic carbocycles. The molecular formula is C21H22ClF4N5O2. The number of anilines is 1. The number of halogens is 5. The maximum absolute atomic E-state index is 15.0. The molecule has 2 unspecified atom stereocenters. The van der Waals surface area contributed by atoms with Crippen molar-refractivity contribution in [2.45, 2.75) is 42.9 Å². The first-order chi connectivity index (χ1) is 16.5. The average molecular weight is 490 g/mol. The van der Waals surface area contributed by atoms with Crippen molar-refractivity contribution in [2.75, 3.05) is 44.3 Å². The van der Waals surface area contributed by atoms with E-state index in [1.54, 1.807) is 4.90 Å². The van der Waals surface area contributed by atoms with Crippen LogP contribution in [0, 0.1) is 11.7 Å². The summed E-state index contributed by atoms with van der Waals surface area (Å²) in [5, 5.41) is -0.449. The van der Waals surface area contributed by atoms with Crippen LogP contribution in [0.25, 0.3) is 10.9 Å². The zero-order chi connectivity index (χ0) is 24.8. The van der Waals surface area contributed by atoms with Crippen molar-refractivity contribution in [1.82, 2.24) is 19.9 Å². The maximum atomic E-state index is 15.0. The number of nitrogens with zero attached hydrogens (tertiary/aromatic N) is 5. The third kappa shape index (κ3) is 3.34. The predicted molar refractivity (Wildman–Crippen MR) is 111 cm³/mol. The zero-order valence-corrected chi connectivity index (χ0v) is 18.2. The van der Waals surface area contributed by atoms with Crippen LogP contribution in [-0.4, -0.2) is 82.9 Å². The lowest BCUT2D eigenvalue weighted by Crippen LogP contribution is -2.43. The quantitative estimate of drug-likeness (QED) is 0.482. The summed E-state index contributed by atoms with van der Waals surface area (Å²) in [7, 11) is 0. The van der Waals surface area contributed by atoms with E-state index in [9.17, 15) is 17.6 Å². The summed E-state index contributed by atoms with van der Waals surface area (Å²) < 4.78 is 86.6. The molecule has 3 aliphatic heterocycles. The van der Waals surface area contributed by atoms with E-state index in [-0.39, 0.29) is 49.4 Å². The monoisotopic (exact) mass is 489 g/mol. The molecule has 2 aromatic heterocycles. The number of alkyl halides is 3. The van der Waals surface area contributed by atoms with Gasteiger partial charge in [0.25, 0.3) is 5.92 Å². The van der Waals surface area contributed by atoms with Gasteiger partial charge in [0, 0.05) is 25.7 Å². The molecule has 0 N–H and O–H groups in total. The van der Waals surface area contributed by atoms with Crippen LogP contribution in [0.1, 0.15) is 22.0 Å². The van der Waals surface area contributed by atoms with Gasteiger partial charge in [-0.25, -0.2) is 22.5 Å². The molecule has 1 aliphatic carbocycles. The van der Waals surface area contributed by atoms with E-state index in [2.05, 4.69) is 15.0 Å². The predicted octanol–water partition coefficient (Wildman–Crippen LogP) is 3.24. The van der Waals surface area contributed by atoms with Gasteiger partial charge in [-0.1, -0.05) is 11.6 Å². The Hall–Kier alpha value is -1.98. The normalized spacial score (nSPS) is 34.5. The van der Waals surface area contributed by atoms with Crippen LogP contribution >= 0.6 is 11.6 Å². The smallest absolute Gasteiger partial charge is 0.319 e. The number of pyridine rings is 1. The number of ether oxygens (including phenoxy) is 2. The summed E-state index contributed by atoms with van der Waals surface area (Å²) in [6, 6.07) is -1.77.